The van der Waals surface area contributed by atoms with Gasteiger partial charge in [0.2, 0.25) is 11.7 Å². The minimum absolute atomic E-state index is 0. The van der Waals surface area contributed by atoms with E-state index in [0.29, 0.717) is 42.2 Å². The van der Waals surface area contributed by atoms with Gasteiger partial charge in [-0.2, -0.15) is 4.98 Å². The van der Waals surface area contributed by atoms with Crippen LogP contribution in [0.1, 0.15) is 11.5 Å². The fourth-order valence-electron chi connectivity index (χ4n) is 3.12. The fourth-order valence-corrected chi connectivity index (χ4v) is 3.31. The molecule has 0 unspecified atom stereocenters. The molecule has 0 atom stereocenters. The number of nitrogens with zero attached hydrogens (tertiary/aromatic N) is 3. The number of aliphatic imine (C=N–C) groups is 1. The Morgan fingerprint density at radius 3 is 2.90 bits per heavy atom. The van der Waals surface area contributed by atoms with Crippen LogP contribution >= 0.6 is 35.6 Å². The van der Waals surface area contributed by atoms with E-state index in [2.05, 4.69) is 30.8 Å². The lowest BCUT2D eigenvalue weighted by Gasteiger charge is -2.10. The number of H-pyrrole nitrogens is 1. The number of hydrogen-bond acceptors (Lipinski definition) is 4. The highest BCUT2D eigenvalue weighted by Gasteiger charge is 2.10. The van der Waals surface area contributed by atoms with Gasteiger partial charge in [-0.05, 0) is 42.3 Å². The van der Waals surface area contributed by atoms with Gasteiger partial charge in [0.15, 0.2) is 5.96 Å². The first-order chi connectivity index (χ1) is 14.6. The Hall–Kier alpha value is -2.66. The van der Waals surface area contributed by atoms with Gasteiger partial charge in [0.1, 0.15) is 5.82 Å². The molecule has 3 N–H and O–H groups in total. The zero-order chi connectivity index (χ0) is 20.9. The minimum atomic E-state index is -0.245. The van der Waals surface area contributed by atoms with Crippen LogP contribution in [-0.2, 0) is 13.0 Å². The van der Waals surface area contributed by atoms with Crippen molar-refractivity contribution < 1.29 is 8.91 Å². The fraction of sp³-hybridized carbons (Fsp3) is 0.190. The Morgan fingerprint density at radius 2 is 2.10 bits per heavy atom. The maximum absolute atomic E-state index is 13.5. The highest BCUT2D eigenvalue weighted by atomic mass is 127. The molecule has 2 heterocycles. The lowest BCUT2D eigenvalue weighted by atomic mass is 10.1. The summed E-state index contributed by atoms with van der Waals surface area (Å²) in [6.45, 7) is 0.951. The number of halogens is 3. The Labute approximate surface area is 200 Å². The molecule has 0 saturated heterocycles. The number of benzene rings is 2. The van der Waals surface area contributed by atoms with E-state index in [9.17, 15) is 4.39 Å². The van der Waals surface area contributed by atoms with E-state index < -0.39 is 0 Å². The van der Waals surface area contributed by atoms with Gasteiger partial charge in [-0.15, -0.1) is 24.0 Å². The van der Waals surface area contributed by atoms with Gasteiger partial charge < -0.3 is 20.1 Å². The number of aromatic amines is 1. The highest BCUT2D eigenvalue weighted by Crippen LogP contribution is 2.20. The first-order valence-corrected chi connectivity index (χ1v) is 9.79. The average molecular weight is 555 g/mol. The standard InChI is InChI=1S/C21H20ClFN6O.HI/c1-24-21(25-8-7-14-11-26-18-6-5-16(23)10-17(14)18)27-12-19-28-20(29-30-19)13-3-2-4-15(22)9-13;/h2-6,9-11,26H,7-8,12H2,1H3,(H2,24,25,27);1H. The molecule has 0 aliphatic rings. The van der Waals surface area contributed by atoms with Crippen LogP contribution in [0.2, 0.25) is 5.02 Å². The second-order valence-corrected chi connectivity index (χ2v) is 7.06. The highest BCUT2D eigenvalue weighted by molar-refractivity contribution is 14.0. The normalized spacial score (nSPS) is 11.4. The molecule has 10 heteroatoms. The molecule has 0 aliphatic heterocycles. The summed E-state index contributed by atoms with van der Waals surface area (Å²) in [5.41, 5.74) is 2.74. The van der Waals surface area contributed by atoms with Crippen molar-refractivity contribution >= 4 is 52.4 Å². The molecule has 0 amide bonds. The van der Waals surface area contributed by atoms with E-state index in [1.165, 1.54) is 6.07 Å². The number of aromatic nitrogens is 3. The molecule has 0 fully saturated rings. The monoisotopic (exact) mass is 554 g/mol. The van der Waals surface area contributed by atoms with Crippen LogP contribution in [0.3, 0.4) is 0 Å². The van der Waals surface area contributed by atoms with Crippen molar-refractivity contribution in [3.8, 4) is 11.4 Å². The van der Waals surface area contributed by atoms with Crippen LogP contribution < -0.4 is 10.6 Å². The van der Waals surface area contributed by atoms with Gasteiger partial charge in [-0.25, -0.2) is 4.39 Å². The topological polar surface area (TPSA) is 91.1 Å². The molecule has 0 aliphatic carbocycles. The van der Waals surface area contributed by atoms with Gasteiger partial charge >= 0.3 is 0 Å². The van der Waals surface area contributed by atoms with E-state index >= 15 is 0 Å². The number of nitrogens with one attached hydrogen (secondary N) is 3. The number of guanidine groups is 1. The van der Waals surface area contributed by atoms with Crippen LogP contribution in [-0.4, -0.2) is 34.7 Å². The lowest BCUT2D eigenvalue weighted by Crippen LogP contribution is -2.37. The average Bonchev–Trinajstić information content (AvgIpc) is 3.38. The SMILES string of the molecule is CN=C(NCCc1c[nH]c2ccc(F)cc12)NCc1nc(-c2cccc(Cl)c2)no1.I. The quantitative estimate of drug-likeness (QED) is 0.185. The van der Waals surface area contributed by atoms with E-state index in [1.54, 1.807) is 31.3 Å². The third-order valence-electron chi connectivity index (χ3n) is 4.60. The largest absolute Gasteiger partial charge is 0.361 e. The maximum Gasteiger partial charge on any atom is 0.246 e. The first-order valence-electron chi connectivity index (χ1n) is 9.41. The van der Waals surface area contributed by atoms with E-state index in [-0.39, 0.29) is 29.8 Å². The minimum Gasteiger partial charge on any atom is -0.361 e. The third kappa shape index (κ3) is 5.73. The molecule has 0 saturated carbocycles. The molecule has 0 radical (unpaired) electrons. The van der Waals surface area contributed by atoms with Crippen molar-refractivity contribution in [2.24, 2.45) is 4.99 Å². The van der Waals surface area contributed by atoms with Crippen molar-refractivity contribution in [1.82, 2.24) is 25.8 Å². The van der Waals surface area contributed by atoms with Gasteiger partial charge in [0.25, 0.3) is 0 Å². The molecule has 31 heavy (non-hydrogen) atoms. The Kier molecular flexibility index (Phi) is 7.85. The summed E-state index contributed by atoms with van der Waals surface area (Å²) in [6.07, 6.45) is 2.61. The zero-order valence-corrected chi connectivity index (χ0v) is 19.7. The van der Waals surface area contributed by atoms with Gasteiger partial charge in [-0.3, -0.25) is 4.99 Å². The molecule has 0 bridgehead atoms. The molecule has 2 aromatic heterocycles. The summed E-state index contributed by atoms with van der Waals surface area (Å²) < 4.78 is 18.8. The smallest absolute Gasteiger partial charge is 0.246 e. The number of hydrogen-bond donors (Lipinski definition) is 3. The van der Waals surface area contributed by atoms with Crippen LogP contribution in [0.25, 0.3) is 22.3 Å². The summed E-state index contributed by atoms with van der Waals surface area (Å²) >= 11 is 6.01. The Morgan fingerprint density at radius 1 is 1.23 bits per heavy atom. The second kappa shape index (κ2) is 10.6. The Bertz CT molecular complexity index is 1190. The zero-order valence-electron chi connectivity index (χ0n) is 16.7. The molecular weight excluding hydrogens is 534 g/mol. The molecular formula is C21H21ClFIN6O. The molecule has 4 aromatic rings. The van der Waals surface area contributed by atoms with Crippen LogP contribution in [0.4, 0.5) is 4.39 Å². The molecule has 7 nitrogen and oxygen atoms in total. The summed E-state index contributed by atoms with van der Waals surface area (Å²) in [7, 11) is 1.68. The van der Waals surface area contributed by atoms with Crippen molar-refractivity contribution in [3.05, 3.63) is 71.0 Å². The van der Waals surface area contributed by atoms with Crippen LogP contribution in [0.5, 0.6) is 0 Å². The molecule has 162 valence electrons. The molecule has 2 aromatic carbocycles. The summed E-state index contributed by atoms with van der Waals surface area (Å²) in [6, 6.07) is 12.0. The van der Waals surface area contributed by atoms with Crippen molar-refractivity contribution in [1.29, 1.82) is 0 Å². The first kappa shape index (κ1) is 23.0. The maximum atomic E-state index is 13.5. The van der Waals surface area contributed by atoms with Crippen molar-refractivity contribution in [3.63, 3.8) is 0 Å². The second-order valence-electron chi connectivity index (χ2n) is 6.63. The van der Waals surface area contributed by atoms with E-state index in [0.717, 1.165) is 22.0 Å². The molecule has 0 spiro atoms. The Balaban J connectivity index is 0.00000272. The van der Waals surface area contributed by atoms with Gasteiger partial charge in [-0.1, -0.05) is 28.9 Å². The summed E-state index contributed by atoms with van der Waals surface area (Å²) in [5, 5.41) is 11.8. The summed E-state index contributed by atoms with van der Waals surface area (Å²) in [5.74, 6) is 1.26. The number of fused-ring (bicyclic) bond motifs is 1. The molecule has 4 rings (SSSR count). The third-order valence-corrected chi connectivity index (χ3v) is 4.83. The van der Waals surface area contributed by atoms with E-state index in [4.69, 9.17) is 16.1 Å². The summed E-state index contributed by atoms with van der Waals surface area (Å²) in [4.78, 5) is 11.7. The van der Waals surface area contributed by atoms with Crippen molar-refractivity contribution in [2.75, 3.05) is 13.6 Å². The predicted molar refractivity (Wildman–Crippen MR) is 130 cm³/mol. The van der Waals surface area contributed by atoms with Crippen LogP contribution in [0, 0.1) is 5.82 Å². The lowest BCUT2D eigenvalue weighted by molar-refractivity contribution is 0.375. The predicted octanol–water partition coefficient (Wildman–Crippen LogP) is 4.54. The van der Waals surface area contributed by atoms with Crippen molar-refractivity contribution in [2.45, 2.75) is 13.0 Å². The van der Waals surface area contributed by atoms with Gasteiger partial charge in [0, 0.05) is 41.3 Å². The number of rotatable bonds is 6. The van der Waals surface area contributed by atoms with Gasteiger partial charge in [0.05, 0.1) is 6.54 Å². The van der Waals surface area contributed by atoms with Crippen LogP contribution in [0.15, 0.2) is 58.2 Å². The van der Waals surface area contributed by atoms with E-state index in [1.807, 2.05) is 18.3 Å².